The van der Waals surface area contributed by atoms with Gasteiger partial charge in [-0.25, -0.2) is 9.59 Å². The van der Waals surface area contributed by atoms with Gasteiger partial charge in [0.25, 0.3) is 11.8 Å². The first-order valence-electron chi connectivity index (χ1n) is 16.3. The maximum Gasteiger partial charge on any atom is 0.354 e. The van der Waals surface area contributed by atoms with Crippen molar-refractivity contribution in [3.63, 3.8) is 0 Å². The van der Waals surface area contributed by atoms with Crippen LogP contribution in [0.4, 0.5) is 16.2 Å². The molecule has 1 spiro atoms. The lowest BCUT2D eigenvalue weighted by Gasteiger charge is -2.27. The molecule has 5 aromatic rings. The standard InChI is InChI=1S/C36H29N7O6/c1-49-34(47)26-11-20-17-6-8-41(27(17)4-2-23(20)39-26)32(45)25-12-21-31(40-25)29(44)13-30-36(21)14-16(36)15-43(30)33(46)24-10-19-18-7-9-42(35(37)48)28(18)5-3-22(19)38-24/h2-5,10-13,16,38-40H,6-9,14-15H2,1H3,(H2,37,48)/t16-,36-/m1/s1. The number of benzene rings is 2. The summed E-state index contributed by atoms with van der Waals surface area (Å²) >= 11 is 0. The second-order valence-electron chi connectivity index (χ2n) is 13.5. The van der Waals surface area contributed by atoms with Crippen LogP contribution in [-0.2, 0) is 23.0 Å². The number of piperidine rings is 1. The normalized spacial score (nSPS) is 21.4. The van der Waals surface area contributed by atoms with Crippen LogP contribution in [0.2, 0.25) is 0 Å². The molecule has 13 nitrogen and oxygen atoms in total. The van der Waals surface area contributed by atoms with Gasteiger partial charge in [0.1, 0.15) is 17.1 Å². The van der Waals surface area contributed by atoms with Crippen LogP contribution in [0.3, 0.4) is 0 Å². The molecule has 244 valence electrons. The molecule has 5 N–H and O–H groups in total. The predicted octanol–water partition coefficient (Wildman–Crippen LogP) is 3.90. The van der Waals surface area contributed by atoms with Crippen LogP contribution >= 0.6 is 0 Å². The second-order valence-corrected chi connectivity index (χ2v) is 13.5. The highest BCUT2D eigenvalue weighted by Crippen LogP contribution is 2.67. The van der Waals surface area contributed by atoms with Crippen LogP contribution in [0.25, 0.3) is 21.8 Å². The molecule has 0 bridgehead atoms. The summed E-state index contributed by atoms with van der Waals surface area (Å²) in [6.07, 6.45) is 3.60. The quantitative estimate of drug-likeness (QED) is 0.214. The summed E-state index contributed by atoms with van der Waals surface area (Å²) in [5, 5.41) is 1.74. The number of nitrogens with two attached hydrogens (primary N) is 1. The monoisotopic (exact) mass is 655 g/mol. The summed E-state index contributed by atoms with van der Waals surface area (Å²) in [5.41, 5.74) is 13.0. The Balaban J connectivity index is 0.950. The number of carbonyl (C=O) groups is 5. The number of urea groups is 1. The topological polar surface area (TPSA) is 178 Å². The van der Waals surface area contributed by atoms with Gasteiger partial charge >= 0.3 is 12.0 Å². The fraction of sp³-hybridized carbons (Fsp3) is 0.250. The number of amides is 4. The molecular formula is C36H29N7O6. The van der Waals surface area contributed by atoms with E-state index in [-0.39, 0.29) is 23.5 Å². The summed E-state index contributed by atoms with van der Waals surface area (Å²) in [6.45, 7) is 1.41. The Bertz CT molecular complexity index is 2450. The van der Waals surface area contributed by atoms with Gasteiger partial charge in [-0.1, -0.05) is 0 Å². The van der Waals surface area contributed by atoms with E-state index in [0.29, 0.717) is 60.9 Å². The molecule has 2 aromatic carbocycles. The zero-order valence-corrected chi connectivity index (χ0v) is 26.3. The van der Waals surface area contributed by atoms with Gasteiger partial charge < -0.3 is 35.2 Å². The van der Waals surface area contributed by atoms with E-state index in [4.69, 9.17) is 10.5 Å². The van der Waals surface area contributed by atoms with Crippen molar-refractivity contribution in [3.05, 3.63) is 93.7 Å². The minimum absolute atomic E-state index is 0.129. The molecule has 1 saturated carbocycles. The molecule has 5 aliphatic rings. The Kier molecular flexibility index (Phi) is 5.29. The predicted molar refractivity (Wildman–Crippen MR) is 178 cm³/mol. The van der Waals surface area contributed by atoms with Crippen molar-refractivity contribution < 1.29 is 28.7 Å². The van der Waals surface area contributed by atoms with Crippen molar-refractivity contribution in [1.82, 2.24) is 19.9 Å². The third-order valence-electron chi connectivity index (χ3n) is 11.2. The Hall–Kier alpha value is -6.11. The number of esters is 1. The van der Waals surface area contributed by atoms with Gasteiger partial charge in [0.15, 0.2) is 0 Å². The number of nitrogens with one attached hydrogen (secondary N) is 3. The number of fused-ring (bicyclic) bond motifs is 7. The number of anilines is 2. The van der Waals surface area contributed by atoms with Crippen LogP contribution in [0.1, 0.15) is 65.1 Å². The highest BCUT2D eigenvalue weighted by molar-refractivity contribution is 6.13. The lowest BCUT2D eigenvalue weighted by molar-refractivity contribution is 0.0594. The van der Waals surface area contributed by atoms with Crippen molar-refractivity contribution in [2.75, 3.05) is 36.5 Å². The molecule has 1 saturated heterocycles. The van der Waals surface area contributed by atoms with Crippen LogP contribution in [-0.4, -0.2) is 76.2 Å². The molecule has 49 heavy (non-hydrogen) atoms. The molecule has 0 unspecified atom stereocenters. The maximum absolute atomic E-state index is 14.0. The molecule has 0 radical (unpaired) electrons. The van der Waals surface area contributed by atoms with E-state index < -0.39 is 17.4 Å². The van der Waals surface area contributed by atoms with E-state index >= 15 is 0 Å². The first kappa shape index (κ1) is 28.0. The van der Waals surface area contributed by atoms with Crippen LogP contribution in [0.5, 0.6) is 0 Å². The number of hydrogen-bond acceptors (Lipinski definition) is 6. The third-order valence-corrected chi connectivity index (χ3v) is 11.2. The SMILES string of the molecule is COC(=O)c1cc2c3c(ccc2[nH]1)N(C(=O)c1cc2c([nH]1)C(=O)C=C1N(C(=O)c4cc5c6c(ccc5[nH]4)N(C(N)=O)CC6)C[C@H]4C[C@]124)CC3. The van der Waals surface area contributed by atoms with Gasteiger partial charge in [-0.2, -0.15) is 0 Å². The van der Waals surface area contributed by atoms with Gasteiger partial charge in [-0.05, 0) is 84.3 Å². The van der Waals surface area contributed by atoms with E-state index in [1.165, 1.54) is 12.0 Å². The Morgan fingerprint density at radius 2 is 1.43 bits per heavy atom. The Morgan fingerprint density at radius 3 is 2.12 bits per heavy atom. The summed E-state index contributed by atoms with van der Waals surface area (Å²) in [4.78, 5) is 80.1. The van der Waals surface area contributed by atoms with Gasteiger partial charge in [-0.3, -0.25) is 19.3 Å². The molecule has 3 aliphatic heterocycles. The molecular weight excluding hydrogens is 626 g/mol. The number of ether oxygens (including phenoxy) is 1. The number of carbonyl (C=O) groups excluding carboxylic acids is 5. The molecule has 6 heterocycles. The molecule has 13 heteroatoms. The van der Waals surface area contributed by atoms with Crippen molar-refractivity contribution in [2.45, 2.75) is 24.7 Å². The Morgan fingerprint density at radius 1 is 0.816 bits per heavy atom. The number of aromatic nitrogens is 3. The van der Waals surface area contributed by atoms with Crippen molar-refractivity contribution in [3.8, 4) is 0 Å². The van der Waals surface area contributed by atoms with E-state index in [9.17, 15) is 24.0 Å². The maximum atomic E-state index is 14.0. The minimum atomic E-state index is -0.506. The third kappa shape index (κ3) is 3.56. The fourth-order valence-electron chi connectivity index (χ4n) is 8.89. The second kappa shape index (κ2) is 9.28. The first-order valence-corrected chi connectivity index (χ1v) is 16.3. The van der Waals surface area contributed by atoms with E-state index in [1.807, 2.05) is 30.3 Å². The highest BCUT2D eigenvalue weighted by Gasteiger charge is 2.68. The number of hydrogen-bond donors (Lipinski definition) is 4. The minimum Gasteiger partial charge on any atom is -0.464 e. The number of nitrogens with zero attached hydrogens (tertiary/aromatic N) is 3. The number of methoxy groups -OCH3 is 1. The molecule has 4 amide bonds. The first-order chi connectivity index (χ1) is 23.7. The lowest BCUT2D eigenvalue weighted by Crippen LogP contribution is -2.33. The molecule has 2 atom stereocenters. The van der Waals surface area contributed by atoms with Crippen LogP contribution < -0.4 is 15.5 Å². The Labute approximate surface area is 277 Å². The fourth-order valence-corrected chi connectivity index (χ4v) is 8.89. The molecule has 2 aliphatic carbocycles. The summed E-state index contributed by atoms with van der Waals surface area (Å²) in [7, 11) is 1.33. The summed E-state index contributed by atoms with van der Waals surface area (Å²) in [6, 6.07) is 12.3. The molecule has 2 fully saturated rings. The average molecular weight is 656 g/mol. The number of allylic oxidation sites excluding steroid dienone is 2. The van der Waals surface area contributed by atoms with Gasteiger partial charge in [0.05, 0.1) is 12.8 Å². The number of H-pyrrole nitrogens is 3. The number of aromatic amines is 3. The van der Waals surface area contributed by atoms with Crippen molar-refractivity contribution >= 4 is 62.8 Å². The highest BCUT2D eigenvalue weighted by atomic mass is 16.5. The number of likely N-dealkylation sites (tertiary alicyclic amines) is 1. The lowest BCUT2D eigenvalue weighted by atomic mass is 9.85. The van der Waals surface area contributed by atoms with Gasteiger partial charge in [0.2, 0.25) is 5.78 Å². The van der Waals surface area contributed by atoms with Crippen molar-refractivity contribution in [1.29, 1.82) is 0 Å². The summed E-state index contributed by atoms with van der Waals surface area (Å²) < 4.78 is 4.86. The molecule has 3 aromatic heterocycles. The van der Waals surface area contributed by atoms with Gasteiger partial charge in [0, 0.05) is 70.0 Å². The van der Waals surface area contributed by atoms with E-state index in [2.05, 4.69) is 15.0 Å². The largest absolute Gasteiger partial charge is 0.464 e. The zero-order valence-electron chi connectivity index (χ0n) is 26.3. The van der Waals surface area contributed by atoms with Crippen LogP contribution in [0.15, 0.2) is 54.2 Å². The average Bonchev–Trinajstić information content (AvgIpc) is 3.82. The number of rotatable bonds is 3. The zero-order chi connectivity index (χ0) is 33.5. The number of ketones is 1. The summed E-state index contributed by atoms with van der Waals surface area (Å²) in [5.74, 6) is -1.07. The van der Waals surface area contributed by atoms with Crippen LogP contribution in [0, 0.1) is 5.92 Å². The van der Waals surface area contributed by atoms with E-state index in [0.717, 1.165) is 56.3 Å². The van der Waals surface area contributed by atoms with Crippen molar-refractivity contribution in [2.24, 2.45) is 11.7 Å². The van der Waals surface area contributed by atoms with Gasteiger partial charge in [-0.15, -0.1) is 0 Å². The smallest absolute Gasteiger partial charge is 0.354 e. The number of primary amides is 1. The van der Waals surface area contributed by atoms with E-state index in [1.54, 1.807) is 28.0 Å². The molecule has 10 rings (SSSR count).